The van der Waals surface area contributed by atoms with Gasteiger partial charge in [0.05, 0.1) is 6.21 Å². The molecule has 0 N–H and O–H groups in total. The molecule has 0 aliphatic rings. The van der Waals surface area contributed by atoms with Crippen LogP contribution in [0.5, 0.6) is 0 Å². The lowest BCUT2D eigenvalue weighted by Gasteiger charge is -1.99. The molecule has 1 aromatic rings. The van der Waals surface area contributed by atoms with Gasteiger partial charge in [-0.3, -0.25) is 0 Å². The molecule has 0 unspecified atom stereocenters. The van der Waals surface area contributed by atoms with E-state index in [4.69, 9.17) is 0 Å². The topological polar surface area (TPSA) is 21.6 Å². The number of hydrogen-bond acceptors (Lipinski definition) is 2. The van der Waals surface area contributed by atoms with Crippen molar-refractivity contribution >= 4 is 11.8 Å². The highest BCUT2D eigenvalue weighted by atomic mass is 16.6. The third kappa shape index (κ3) is 3.81. The maximum atomic E-state index is 4.56. The van der Waals surface area contributed by atoms with Crippen LogP contribution in [0.3, 0.4) is 0 Å². The van der Waals surface area contributed by atoms with Crippen molar-refractivity contribution in [3.63, 3.8) is 0 Å². The number of oxime groups is 1. The summed E-state index contributed by atoms with van der Waals surface area (Å²) in [7, 11) is 1.53. The van der Waals surface area contributed by atoms with Gasteiger partial charge in [0.2, 0.25) is 0 Å². The average molecular weight is 201 g/mol. The molecule has 0 saturated carbocycles. The number of benzene rings is 1. The molecule has 0 amide bonds. The van der Waals surface area contributed by atoms with Crippen LogP contribution in [0.25, 0.3) is 5.57 Å². The molecule has 0 heterocycles. The van der Waals surface area contributed by atoms with Gasteiger partial charge < -0.3 is 4.84 Å². The fraction of sp³-hybridized carbons (Fsp3) is 0.154. The van der Waals surface area contributed by atoms with Crippen LogP contribution in [0, 0.1) is 0 Å². The lowest BCUT2D eigenvalue weighted by Crippen LogP contribution is -1.79. The molecule has 1 rings (SSSR count). The molecule has 0 aromatic heterocycles. The Bertz CT molecular complexity index is 363. The second-order valence-electron chi connectivity index (χ2n) is 2.91. The van der Waals surface area contributed by atoms with Crippen molar-refractivity contribution in [2.45, 2.75) is 6.92 Å². The van der Waals surface area contributed by atoms with Crippen LogP contribution in [-0.4, -0.2) is 13.3 Å². The predicted molar refractivity (Wildman–Crippen MR) is 64.7 cm³/mol. The van der Waals surface area contributed by atoms with Gasteiger partial charge in [-0.05, 0) is 24.1 Å². The van der Waals surface area contributed by atoms with E-state index in [0.29, 0.717) is 0 Å². The first kappa shape index (κ1) is 11.2. The highest BCUT2D eigenvalue weighted by molar-refractivity contribution is 5.80. The quantitative estimate of drug-likeness (QED) is 0.416. The summed E-state index contributed by atoms with van der Waals surface area (Å²) in [5.74, 6) is 0. The minimum Gasteiger partial charge on any atom is -0.399 e. The molecule has 2 heteroatoms. The molecule has 2 nitrogen and oxygen atoms in total. The third-order valence-electron chi connectivity index (χ3n) is 1.95. The summed E-state index contributed by atoms with van der Waals surface area (Å²) in [5.41, 5.74) is 2.36. The van der Waals surface area contributed by atoms with Crippen LogP contribution in [0.15, 0.2) is 53.7 Å². The highest BCUT2D eigenvalue weighted by Crippen LogP contribution is 2.14. The van der Waals surface area contributed by atoms with Crippen molar-refractivity contribution in [2.24, 2.45) is 5.16 Å². The zero-order chi connectivity index (χ0) is 10.9. The molecule has 15 heavy (non-hydrogen) atoms. The highest BCUT2D eigenvalue weighted by Gasteiger charge is 1.93. The van der Waals surface area contributed by atoms with E-state index in [0.717, 1.165) is 5.57 Å². The monoisotopic (exact) mass is 201 g/mol. The van der Waals surface area contributed by atoms with E-state index >= 15 is 0 Å². The van der Waals surface area contributed by atoms with E-state index in [9.17, 15) is 0 Å². The van der Waals surface area contributed by atoms with Crippen molar-refractivity contribution < 1.29 is 4.84 Å². The summed E-state index contributed by atoms with van der Waals surface area (Å²) in [4.78, 5) is 4.56. The van der Waals surface area contributed by atoms with Crippen LogP contribution in [0.4, 0.5) is 0 Å². The summed E-state index contributed by atoms with van der Waals surface area (Å²) in [6.45, 7) is 2.01. The summed E-state index contributed by atoms with van der Waals surface area (Å²) >= 11 is 0. The standard InChI is InChI=1S/C13H15NO/c1-3-12(10-7-11-14-15-2)13-8-5-4-6-9-13/h3-11H,1-2H3/b10-7-,12-3+,14-11+. The van der Waals surface area contributed by atoms with Gasteiger partial charge in [0.1, 0.15) is 7.11 Å². The Hall–Kier alpha value is -1.83. The first-order valence-corrected chi connectivity index (χ1v) is 4.83. The summed E-state index contributed by atoms with van der Waals surface area (Å²) in [6.07, 6.45) is 7.53. The van der Waals surface area contributed by atoms with E-state index in [-0.39, 0.29) is 0 Å². The van der Waals surface area contributed by atoms with Gasteiger partial charge in [0.15, 0.2) is 0 Å². The molecule has 0 radical (unpaired) electrons. The maximum Gasteiger partial charge on any atom is 0.106 e. The van der Waals surface area contributed by atoms with Gasteiger partial charge in [-0.2, -0.15) is 0 Å². The van der Waals surface area contributed by atoms with E-state index in [1.54, 1.807) is 6.21 Å². The summed E-state index contributed by atoms with van der Waals surface area (Å²) < 4.78 is 0. The third-order valence-corrected chi connectivity index (χ3v) is 1.95. The molecule has 0 aliphatic heterocycles. The van der Waals surface area contributed by atoms with Crippen LogP contribution in [0.1, 0.15) is 12.5 Å². The molecule has 0 fully saturated rings. The molecule has 0 saturated heterocycles. The van der Waals surface area contributed by atoms with Crippen molar-refractivity contribution in [2.75, 3.05) is 7.11 Å². The van der Waals surface area contributed by atoms with Gasteiger partial charge in [-0.1, -0.05) is 47.6 Å². The van der Waals surface area contributed by atoms with E-state index in [1.165, 1.54) is 12.7 Å². The number of rotatable bonds is 4. The van der Waals surface area contributed by atoms with E-state index in [2.05, 4.69) is 28.2 Å². The lowest BCUT2D eigenvalue weighted by molar-refractivity contribution is 0.215. The minimum atomic E-state index is 1.16. The Morgan fingerprint density at radius 1 is 1.27 bits per heavy atom. The van der Waals surface area contributed by atoms with Crippen LogP contribution >= 0.6 is 0 Å². The fourth-order valence-corrected chi connectivity index (χ4v) is 1.23. The Morgan fingerprint density at radius 2 is 2.00 bits per heavy atom. The minimum absolute atomic E-state index is 1.16. The second kappa shape index (κ2) is 6.60. The summed E-state index contributed by atoms with van der Waals surface area (Å²) in [5, 5.41) is 3.63. The maximum absolute atomic E-state index is 4.56. The molecular weight excluding hydrogens is 186 g/mol. The van der Waals surface area contributed by atoms with Gasteiger partial charge in [0, 0.05) is 0 Å². The average Bonchev–Trinajstić information content (AvgIpc) is 2.30. The molecule has 0 bridgehead atoms. The number of nitrogens with zero attached hydrogens (tertiary/aromatic N) is 1. The Morgan fingerprint density at radius 3 is 2.60 bits per heavy atom. The molecule has 0 aliphatic carbocycles. The zero-order valence-electron chi connectivity index (χ0n) is 9.05. The number of allylic oxidation sites excluding steroid dienone is 4. The zero-order valence-corrected chi connectivity index (χ0v) is 9.05. The van der Waals surface area contributed by atoms with Crippen LogP contribution < -0.4 is 0 Å². The first-order valence-electron chi connectivity index (χ1n) is 4.83. The van der Waals surface area contributed by atoms with Crippen molar-refractivity contribution in [3.05, 3.63) is 54.1 Å². The van der Waals surface area contributed by atoms with Crippen molar-refractivity contribution in [1.82, 2.24) is 0 Å². The molecule has 0 spiro atoms. The molecule has 0 atom stereocenters. The van der Waals surface area contributed by atoms with Crippen molar-refractivity contribution in [1.29, 1.82) is 0 Å². The van der Waals surface area contributed by atoms with Crippen LogP contribution in [0.2, 0.25) is 0 Å². The lowest BCUT2D eigenvalue weighted by atomic mass is 10.1. The van der Waals surface area contributed by atoms with E-state index in [1.807, 2.05) is 37.3 Å². The second-order valence-corrected chi connectivity index (χ2v) is 2.91. The number of hydrogen-bond donors (Lipinski definition) is 0. The smallest absolute Gasteiger partial charge is 0.106 e. The first-order chi connectivity index (χ1) is 7.38. The largest absolute Gasteiger partial charge is 0.399 e. The van der Waals surface area contributed by atoms with Gasteiger partial charge >= 0.3 is 0 Å². The summed E-state index contributed by atoms with van der Waals surface area (Å²) in [6, 6.07) is 10.2. The Balaban J connectivity index is 2.75. The van der Waals surface area contributed by atoms with E-state index < -0.39 is 0 Å². The van der Waals surface area contributed by atoms with Gasteiger partial charge in [0.25, 0.3) is 0 Å². The normalized spacial score (nSPS) is 12.5. The molecule has 78 valence electrons. The van der Waals surface area contributed by atoms with Gasteiger partial charge in [-0.25, -0.2) is 0 Å². The van der Waals surface area contributed by atoms with Crippen LogP contribution in [-0.2, 0) is 4.84 Å². The molecule has 1 aromatic carbocycles. The van der Waals surface area contributed by atoms with Crippen molar-refractivity contribution in [3.8, 4) is 0 Å². The molecular formula is C13H15NO. The Kier molecular flexibility index (Phi) is 4.95. The Labute approximate surface area is 90.6 Å². The van der Waals surface area contributed by atoms with Gasteiger partial charge in [-0.15, -0.1) is 0 Å². The fourth-order valence-electron chi connectivity index (χ4n) is 1.23. The SMILES string of the molecule is C\C=C(/C=C\C=N\OC)c1ccccc1. The predicted octanol–water partition coefficient (Wildman–Crippen LogP) is 3.28.